The number of sulfonamides is 1. The van der Waals surface area contributed by atoms with Crippen LogP contribution in [-0.4, -0.2) is 51.0 Å². The summed E-state index contributed by atoms with van der Waals surface area (Å²) in [5, 5.41) is 2.51. The lowest BCUT2D eigenvalue weighted by atomic mass is 10.1. The molecule has 0 aliphatic heterocycles. The largest absolute Gasteiger partial charge is 0.357 e. The van der Waals surface area contributed by atoms with Gasteiger partial charge in [-0.3, -0.25) is 13.9 Å². The first kappa shape index (κ1) is 23.3. The molecular weight excluding hydrogens is 409 g/mol. The quantitative estimate of drug-likeness (QED) is 0.688. The van der Waals surface area contributed by atoms with Gasteiger partial charge in [0.2, 0.25) is 21.8 Å². The van der Waals surface area contributed by atoms with Crippen LogP contribution in [0.4, 0.5) is 10.1 Å². The molecule has 0 aromatic heterocycles. The molecule has 2 aromatic carbocycles. The summed E-state index contributed by atoms with van der Waals surface area (Å²) < 4.78 is 39.1. The summed E-state index contributed by atoms with van der Waals surface area (Å²) in [7, 11) is -2.41. The van der Waals surface area contributed by atoms with Gasteiger partial charge in [0.15, 0.2) is 0 Å². The minimum Gasteiger partial charge on any atom is -0.357 e. The zero-order chi connectivity index (χ0) is 22.5. The Morgan fingerprint density at radius 2 is 1.80 bits per heavy atom. The van der Waals surface area contributed by atoms with E-state index in [1.165, 1.54) is 30.1 Å². The van der Waals surface area contributed by atoms with Crippen LogP contribution in [0.3, 0.4) is 0 Å². The molecule has 30 heavy (non-hydrogen) atoms. The number of amides is 2. The second-order valence-corrected chi connectivity index (χ2v) is 8.89. The SMILES string of the molecule is CNC(=O)[C@H](C)N(Cc1ccccc1C)C(=O)CN(c1cccc(F)c1)S(C)(=O)=O. The summed E-state index contributed by atoms with van der Waals surface area (Å²) in [5.74, 6) is -1.58. The molecule has 0 bridgehead atoms. The van der Waals surface area contributed by atoms with Gasteiger partial charge in [-0.25, -0.2) is 12.8 Å². The predicted molar refractivity (Wildman–Crippen MR) is 114 cm³/mol. The third-order valence-electron chi connectivity index (χ3n) is 4.79. The molecule has 1 N–H and O–H groups in total. The molecule has 0 saturated carbocycles. The zero-order valence-electron chi connectivity index (χ0n) is 17.4. The Labute approximate surface area is 176 Å². The molecule has 2 aromatic rings. The van der Waals surface area contributed by atoms with Crippen molar-refractivity contribution in [1.82, 2.24) is 10.2 Å². The number of nitrogens with zero attached hydrogens (tertiary/aromatic N) is 2. The summed E-state index contributed by atoms with van der Waals surface area (Å²) in [6.45, 7) is 3.02. The van der Waals surface area contributed by atoms with Crippen molar-refractivity contribution in [3.63, 3.8) is 0 Å². The molecule has 0 spiro atoms. The topological polar surface area (TPSA) is 86.8 Å². The van der Waals surface area contributed by atoms with Gasteiger partial charge in [-0.1, -0.05) is 30.3 Å². The molecule has 2 amide bonds. The highest BCUT2D eigenvalue weighted by Gasteiger charge is 2.30. The van der Waals surface area contributed by atoms with Crippen molar-refractivity contribution in [3.05, 3.63) is 65.5 Å². The van der Waals surface area contributed by atoms with Crippen LogP contribution in [0, 0.1) is 12.7 Å². The molecule has 0 aliphatic carbocycles. The van der Waals surface area contributed by atoms with Gasteiger partial charge < -0.3 is 10.2 Å². The molecule has 0 aliphatic rings. The molecule has 2 rings (SSSR count). The number of rotatable bonds is 8. The van der Waals surface area contributed by atoms with Crippen molar-refractivity contribution in [2.24, 2.45) is 0 Å². The molecule has 0 heterocycles. The Kier molecular flexibility index (Phi) is 7.55. The van der Waals surface area contributed by atoms with E-state index in [-0.39, 0.29) is 18.1 Å². The molecule has 7 nitrogen and oxygen atoms in total. The first-order valence-electron chi connectivity index (χ1n) is 9.33. The Morgan fingerprint density at radius 1 is 1.13 bits per heavy atom. The Hall–Kier alpha value is -2.94. The second-order valence-electron chi connectivity index (χ2n) is 6.99. The van der Waals surface area contributed by atoms with Crippen molar-refractivity contribution in [2.75, 3.05) is 24.2 Å². The predicted octanol–water partition coefficient (Wildman–Crippen LogP) is 2.06. The Balaban J connectivity index is 2.40. The number of halogens is 1. The average molecular weight is 436 g/mol. The smallest absolute Gasteiger partial charge is 0.244 e. The van der Waals surface area contributed by atoms with E-state index in [9.17, 15) is 22.4 Å². The number of nitrogens with one attached hydrogen (secondary N) is 1. The third kappa shape index (κ3) is 5.79. The van der Waals surface area contributed by atoms with Gasteiger partial charge in [0, 0.05) is 13.6 Å². The van der Waals surface area contributed by atoms with Crippen LogP contribution in [0.15, 0.2) is 48.5 Å². The zero-order valence-corrected chi connectivity index (χ0v) is 18.2. The number of carbonyl (C=O) groups is 2. The van der Waals surface area contributed by atoms with Crippen LogP contribution in [0.5, 0.6) is 0 Å². The molecule has 0 saturated heterocycles. The van der Waals surface area contributed by atoms with Crippen LogP contribution >= 0.6 is 0 Å². The maximum absolute atomic E-state index is 13.7. The fourth-order valence-corrected chi connectivity index (χ4v) is 3.85. The first-order chi connectivity index (χ1) is 14.0. The number of carbonyl (C=O) groups excluding carboxylic acids is 2. The van der Waals surface area contributed by atoms with Crippen molar-refractivity contribution < 1.29 is 22.4 Å². The van der Waals surface area contributed by atoms with E-state index < -0.39 is 34.3 Å². The van der Waals surface area contributed by atoms with E-state index in [1.54, 1.807) is 6.92 Å². The molecule has 1 atom stereocenters. The van der Waals surface area contributed by atoms with Crippen LogP contribution < -0.4 is 9.62 Å². The standard InChI is InChI=1S/C21H26FN3O4S/c1-15-8-5-6-9-17(15)13-24(16(2)21(27)23-3)20(26)14-25(30(4,28)29)19-11-7-10-18(22)12-19/h5-12,16H,13-14H2,1-4H3,(H,23,27)/t16-/m0/s1. The normalized spacial score (nSPS) is 12.2. The summed E-state index contributed by atoms with van der Waals surface area (Å²) in [5.41, 5.74) is 1.80. The number of likely N-dealkylation sites (N-methyl/N-ethyl adjacent to an activating group) is 1. The van der Waals surface area contributed by atoms with Crippen molar-refractivity contribution in [1.29, 1.82) is 0 Å². The number of anilines is 1. The number of aryl methyl sites for hydroxylation is 1. The molecule has 9 heteroatoms. The van der Waals surface area contributed by atoms with Gasteiger partial charge in [0.25, 0.3) is 0 Å². The van der Waals surface area contributed by atoms with Gasteiger partial charge in [-0.15, -0.1) is 0 Å². The van der Waals surface area contributed by atoms with Gasteiger partial charge in [-0.2, -0.15) is 0 Å². The fourth-order valence-electron chi connectivity index (χ4n) is 3.01. The monoisotopic (exact) mass is 435 g/mol. The van der Waals surface area contributed by atoms with Gasteiger partial charge >= 0.3 is 0 Å². The number of benzene rings is 2. The number of hydrogen-bond donors (Lipinski definition) is 1. The minimum atomic E-state index is -3.88. The van der Waals surface area contributed by atoms with E-state index in [1.807, 2.05) is 31.2 Å². The van der Waals surface area contributed by atoms with Gasteiger partial charge in [-0.05, 0) is 43.2 Å². The van der Waals surface area contributed by atoms with E-state index >= 15 is 0 Å². The van der Waals surface area contributed by atoms with E-state index in [0.29, 0.717) is 0 Å². The van der Waals surface area contributed by atoms with E-state index in [0.717, 1.165) is 27.8 Å². The maximum atomic E-state index is 13.7. The highest BCUT2D eigenvalue weighted by molar-refractivity contribution is 7.92. The van der Waals surface area contributed by atoms with Crippen LogP contribution in [-0.2, 0) is 26.2 Å². The summed E-state index contributed by atoms with van der Waals surface area (Å²) in [6.07, 6.45) is 0.944. The van der Waals surface area contributed by atoms with Crippen molar-refractivity contribution >= 4 is 27.5 Å². The highest BCUT2D eigenvalue weighted by atomic mass is 32.2. The van der Waals surface area contributed by atoms with Crippen molar-refractivity contribution in [2.45, 2.75) is 26.4 Å². The third-order valence-corrected chi connectivity index (χ3v) is 5.93. The fraction of sp³-hybridized carbons (Fsp3) is 0.333. The molecule has 162 valence electrons. The molecule has 0 radical (unpaired) electrons. The van der Waals surface area contributed by atoms with Crippen LogP contribution in [0.25, 0.3) is 0 Å². The summed E-state index contributed by atoms with van der Waals surface area (Å²) in [6, 6.07) is 11.6. The van der Waals surface area contributed by atoms with E-state index in [2.05, 4.69) is 5.32 Å². The second kappa shape index (κ2) is 9.71. The summed E-state index contributed by atoms with van der Waals surface area (Å²) >= 11 is 0. The maximum Gasteiger partial charge on any atom is 0.244 e. The lowest BCUT2D eigenvalue weighted by molar-refractivity contribution is -0.139. The van der Waals surface area contributed by atoms with Crippen LogP contribution in [0.2, 0.25) is 0 Å². The molecular formula is C21H26FN3O4S. The van der Waals surface area contributed by atoms with Gasteiger partial charge in [0.1, 0.15) is 18.4 Å². The molecule has 0 unspecified atom stereocenters. The Bertz CT molecular complexity index is 1030. The van der Waals surface area contributed by atoms with Gasteiger partial charge in [0.05, 0.1) is 11.9 Å². The first-order valence-corrected chi connectivity index (χ1v) is 11.2. The molecule has 0 fully saturated rings. The van der Waals surface area contributed by atoms with Crippen LogP contribution in [0.1, 0.15) is 18.1 Å². The van der Waals surface area contributed by atoms with Crippen molar-refractivity contribution in [3.8, 4) is 0 Å². The Morgan fingerprint density at radius 3 is 2.37 bits per heavy atom. The lowest BCUT2D eigenvalue weighted by Crippen LogP contribution is -2.50. The minimum absolute atomic E-state index is 0.0364. The lowest BCUT2D eigenvalue weighted by Gasteiger charge is -2.31. The highest BCUT2D eigenvalue weighted by Crippen LogP contribution is 2.20. The summed E-state index contributed by atoms with van der Waals surface area (Å²) in [4.78, 5) is 26.7. The average Bonchev–Trinajstić information content (AvgIpc) is 2.69. The number of hydrogen-bond acceptors (Lipinski definition) is 4. The van der Waals surface area contributed by atoms with E-state index in [4.69, 9.17) is 0 Å².